The molecule has 0 radical (unpaired) electrons. The summed E-state index contributed by atoms with van der Waals surface area (Å²) in [7, 11) is -0.394. The number of rotatable bonds is 7. The van der Waals surface area contributed by atoms with Crippen molar-refractivity contribution in [2.45, 2.75) is 37.0 Å². The van der Waals surface area contributed by atoms with Crippen LogP contribution in [0.3, 0.4) is 0 Å². The van der Waals surface area contributed by atoms with Crippen LogP contribution in [0.25, 0.3) is 0 Å². The summed E-state index contributed by atoms with van der Waals surface area (Å²) in [5.74, 6) is 1.00. The van der Waals surface area contributed by atoms with Gasteiger partial charge in [0, 0.05) is 30.4 Å². The van der Waals surface area contributed by atoms with E-state index in [4.69, 9.17) is 9.47 Å². The van der Waals surface area contributed by atoms with Crippen LogP contribution in [0.5, 0.6) is 11.5 Å². The monoisotopic (exact) mass is 432 g/mol. The average molecular weight is 433 g/mol. The highest BCUT2D eigenvalue weighted by atomic mass is 32.2. The maximum atomic E-state index is 12.9. The fourth-order valence-electron chi connectivity index (χ4n) is 3.52. The van der Waals surface area contributed by atoms with E-state index in [0.717, 1.165) is 31.2 Å². The highest BCUT2D eigenvalue weighted by Gasteiger charge is 2.25. The van der Waals surface area contributed by atoms with Crippen LogP contribution in [0.15, 0.2) is 47.4 Å². The van der Waals surface area contributed by atoms with Gasteiger partial charge in [0.15, 0.2) is 0 Å². The normalized spacial score (nSPS) is 15.3. The first kappa shape index (κ1) is 22.1. The van der Waals surface area contributed by atoms with Crippen LogP contribution in [0.4, 0.5) is 5.69 Å². The number of sulfonamides is 1. The summed E-state index contributed by atoms with van der Waals surface area (Å²) in [6.07, 6.45) is 4.04. The van der Waals surface area contributed by atoms with E-state index in [0.29, 0.717) is 30.3 Å². The van der Waals surface area contributed by atoms with Gasteiger partial charge in [-0.15, -0.1) is 0 Å². The molecule has 30 heavy (non-hydrogen) atoms. The molecule has 3 rings (SSSR count). The van der Waals surface area contributed by atoms with Crippen molar-refractivity contribution < 1.29 is 22.7 Å². The largest absolute Gasteiger partial charge is 0.497 e. The van der Waals surface area contributed by atoms with Crippen LogP contribution >= 0.6 is 0 Å². The van der Waals surface area contributed by atoms with Gasteiger partial charge < -0.3 is 14.8 Å². The van der Waals surface area contributed by atoms with E-state index < -0.39 is 10.0 Å². The van der Waals surface area contributed by atoms with Crippen LogP contribution in [-0.2, 0) is 21.2 Å². The molecule has 0 spiro atoms. The number of benzene rings is 2. The number of methoxy groups -OCH3 is 2. The molecule has 2 aromatic carbocycles. The minimum absolute atomic E-state index is 0.126. The molecule has 8 heteroatoms. The van der Waals surface area contributed by atoms with E-state index in [9.17, 15) is 13.2 Å². The van der Waals surface area contributed by atoms with Crippen molar-refractivity contribution in [2.24, 2.45) is 0 Å². The Morgan fingerprint density at radius 3 is 2.23 bits per heavy atom. The molecule has 0 atom stereocenters. The summed E-state index contributed by atoms with van der Waals surface area (Å²) >= 11 is 0. The third kappa shape index (κ3) is 5.31. The summed E-state index contributed by atoms with van der Waals surface area (Å²) in [4.78, 5) is 12.7. The zero-order valence-electron chi connectivity index (χ0n) is 17.4. The first-order chi connectivity index (χ1) is 14.4. The molecule has 1 aliphatic heterocycles. The predicted molar refractivity (Wildman–Crippen MR) is 116 cm³/mol. The van der Waals surface area contributed by atoms with Gasteiger partial charge in [-0.05, 0) is 43.2 Å². The van der Waals surface area contributed by atoms with Crippen LogP contribution in [-0.4, -0.2) is 45.9 Å². The highest BCUT2D eigenvalue weighted by Crippen LogP contribution is 2.26. The highest BCUT2D eigenvalue weighted by molar-refractivity contribution is 7.89. The quantitative estimate of drug-likeness (QED) is 0.724. The number of nitrogens with one attached hydrogen (secondary N) is 1. The first-order valence-electron chi connectivity index (χ1n) is 10.0. The van der Waals surface area contributed by atoms with Gasteiger partial charge in [-0.2, -0.15) is 4.31 Å². The fraction of sp³-hybridized carbons (Fsp3) is 0.409. The van der Waals surface area contributed by atoms with Crippen LogP contribution in [0, 0.1) is 0 Å². The summed E-state index contributed by atoms with van der Waals surface area (Å²) in [5, 5.41) is 2.80. The number of hydrogen-bond donors (Lipinski definition) is 1. The Kier molecular flexibility index (Phi) is 7.33. The molecule has 162 valence electrons. The van der Waals surface area contributed by atoms with E-state index in [1.54, 1.807) is 61.0 Å². The second-order valence-corrected chi connectivity index (χ2v) is 9.18. The lowest BCUT2D eigenvalue weighted by Gasteiger charge is -2.20. The molecule has 0 saturated carbocycles. The molecule has 0 aliphatic carbocycles. The number of ether oxygens (including phenoxy) is 2. The van der Waals surface area contributed by atoms with Crippen molar-refractivity contribution in [3.05, 3.63) is 48.0 Å². The lowest BCUT2D eigenvalue weighted by atomic mass is 10.1. The lowest BCUT2D eigenvalue weighted by molar-refractivity contribution is -0.115. The van der Waals surface area contributed by atoms with Crippen molar-refractivity contribution in [1.82, 2.24) is 4.31 Å². The molecule has 0 aromatic heterocycles. The van der Waals surface area contributed by atoms with E-state index in [2.05, 4.69) is 5.32 Å². The molecular formula is C22H28N2O5S. The van der Waals surface area contributed by atoms with Gasteiger partial charge in [0.1, 0.15) is 11.5 Å². The second-order valence-electron chi connectivity index (χ2n) is 7.25. The number of carbonyl (C=O) groups is 1. The van der Waals surface area contributed by atoms with Crippen molar-refractivity contribution in [2.75, 3.05) is 32.6 Å². The van der Waals surface area contributed by atoms with Crippen LogP contribution < -0.4 is 14.8 Å². The maximum absolute atomic E-state index is 12.9. The molecular weight excluding hydrogens is 404 g/mol. The Hall–Kier alpha value is -2.58. The summed E-state index contributed by atoms with van der Waals surface area (Å²) < 4.78 is 37.8. The van der Waals surface area contributed by atoms with Gasteiger partial charge in [-0.1, -0.05) is 18.9 Å². The Morgan fingerprint density at radius 2 is 1.63 bits per heavy atom. The van der Waals surface area contributed by atoms with Gasteiger partial charge in [0.2, 0.25) is 15.9 Å². The van der Waals surface area contributed by atoms with Gasteiger partial charge >= 0.3 is 0 Å². The molecule has 1 amide bonds. The predicted octanol–water partition coefficient (Wildman–Crippen LogP) is 3.45. The van der Waals surface area contributed by atoms with Crippen LogP contribution in [0.2, 0.25) is 0 Å². The lowest BCUT2D eigenvalue weighted by Crippen LogP contribution is -2.31. The zero-order valence-corrected chi connectivity index (χ0v) is 18.2. The number of carbonyl (C=O) groups excluding carboxylic acids is 1. The fourth-order valence-corrected chi connectivity index (χ4v) is 5.03. The van der Waals surface area contributed by atoms with E-state index in [-0.39, 0.29) is 17.2 Å². The maximum Gasteiger partial charge on any atom is 0.243 e. The molecule has 7 nitrogen and oxygen atoms in total. The summed E-state index contributed by atoms with van der Waals surface area (Å²) in [5.41, 5.74) is 1.28. The Morgan fingerprint density at radius 1 is 0.967 bits per heavy atom. The molecule has 2 aromatic rings. The number of anilines is 1. The summed E-state index contributed by atoms with van der Waals surface area (Å²) in [6.45, 7) is 1.12. The molecule has 1 N–H and O–H groups in total. The standard InChI is InChI=1S/C22H28N2O5S/c1-28-19-10-7-17(21(16-19)29-2)15-22(25)23-18-8-11-20(12-9-18)30(26,27)24-13-5-3-4-6-14-24/h7-12,16H,3-6,13-15H2,1-2H3,(H,23,25). The van der Waals surface area contributed by atoms with E-state index >= 15 is 0 Å². The van der Waals surface area contributed by atoms with Crippen molar-refractivity contribution >= 4 is 21.6 Å². The third-order valence-electron chi connectivity index (χ3n) is 5.19. The Balaban J connectivity index is 1.66. The smallest absolute Gasteiger partial charge is 0.243 e. The van der Waals surface area contributed by atoms with E-state index in [1.807, 2.05) is 0 Å². The molecule has 0 bridgehead atoms. The van der Waals surface area contributed by atoms with Crippen molar-refractivity contribution in [1.29, 1.82) is 0 Å². The number of hydrogen-bond acceptors (Lipinski definition) is 5. The molecule has 1 fully saturated rings. The van der Waals surface area contributed by atoms with Crippen molar-refractivity contribution in [3.8, 4) is 11.5 Å². The minimum atomic E-state index is -3.50. The number of amides is 1. The Bertz CT molecular complexity index is 966. The average Bonchev–Trinajstić information content (AvgIpc) is 3.04. The molecule has 1 heterocycles. The minimum Gasteiger partial charge on any atom is -0.497 e. The van der Waals surface area contributed by atoms with Gasteiger partial charge in [0.25, 0.3) is 0 Å². The van der Waals surface area contributed by atoms with Gasteiger partial charge in [0.05, 0.1) is 25.5 Å². The van der Waals surface area contributed by atoms with Crippen LogP contribution in [0.1, 0.15) is 31.2 Å². The topological polar surface area (TPSA) is 84.9 Å². The molecule has 1 aliphatic rings. The van der Waals surface area contributed by atoms with Crippen molar-refractivity contribution in [3.63, 3.8) is 0 Å². The zero-order chi connectivity index (χ0) is 21.6. The summed E-state index contributed by atoms with van der Waals surface area (Å²) in [6, 6.07) is 11.6. The third-order valence-corrected chi connectivity index (χ3v) is 7.10. The SMILES string of the molecule is COc1ccc(CC(=O)Nc2ccc(S(=O)(=O)N3CCCCCC3)cc2)c(OC)c1. The second kappa shape index (κ2) is 9.95. The first-order valence-corrected chi connectivity index (χ1v) is 11.5. The molecule has 0 unspecified atom stereocenters. The number of nitrogens with zero attached hydrogens (tertiary/aromatic N) is 1. The Labute approximate surface area is 178 Å². The molecule has 1 saturated heterocycles. The van der Waals surface area contributed by atoms with Gasteiger partial charge in [-0.25, -0.2) is 8.42 Å². The van der Waals surface area contributed by atoms with E-state index in [1.165, 1.54) is 0 Å². The van der Waals surface area contributed by atoms with Gasteiger partial charge in [-0.3, -0.25) is 4.79 Å².